The zero-order valence-electron chi connectivity index (χ0n) is 21.1. The van der Waals surface area contributed by atoms with Gasteiger partial charge in [0.1, 0.15) is 22.7 Å². The maximum absolute atomic E-state index is 13.4. The fourth-order valence-corrected chi connectivity index (χ4v) is 7.08. The van der Waals surface area contributed by atoms with Crippen LogP contribution < -0.4 is 10.1 Å². The van der Waals surface area contributed by atoms with Gasteiger partial charge in [-0.15, -0.1) is 11.3 Å². The Labute approximate surface area is 215 Å². The summed E-state index contributed by atoms with van der Waals surface area (Å²) >= 11 is 1.71. The van der Waals surface area contributed by atoms with Crippen LogP contribution in [0.15, 0.2) is 23.5 Å². The van der Waals surface area contributed by atoms with Crippen molar-refractivity contribution in [1.82, 2.24) is 19.8 Å². The van der Waals surface area contributed by atoms with E-state index >= 15 is 0 Å². The number of ether oxygens (including phenoxy) is 1. The Morgan fingerprint density at radius 3 is 2.81 bits per heavy atom. The van der Waals surface area contributed by atoms with Crippen molar-refractivity contribution in [3.05, 3.63) is 40.0 Å². The topological polar surface area (TPSA) is 82.9 Å². The Kier molecular flexibility index (Phi) is 6.13. The summed E-state index contributed by atoms with van der Waals surface area (Å²) in [5, 5.41) is 4.60. The summed E-state index contributed by atoms with van der Waals surface area (Å²) < 4.78 is 5.66. The lowest BCUT2D eigenvalue weighted by Crippen LogP contribution is -2.47. The molecule has 6 rings (SSSR count). The van der Waals surface area contributed by atoms with Gasteiger partial charge in [0.25, 0.3) is 0 Å². The number of nitrogens with one attached hydrogen (secondary N) is 1. The molecule has 1 N–H and O–H groups in total. The number of amides is 1. The Hall–Kier alpha value is -3.04. The van der Waals surface area contributed by atoms with Crippen molar-refractivity contribution in [2.75, 3.05) is 39.6 Å². The number of hydrogen-bond acceptors (Lipinski definition) is 8. The molecule has 9 heteroatoms. The van der Waals surface area contributed by atoms with Crippen LogP contribution in [0.2, 0.25) is 0 Å². The molecule has 0 spiro atoms. The number of fused-ring (bicyclic) bond motifs is 4. The number of likely N-dealkylation sites (tertiary alicyclic amines) is 1. The van der Waals surface area contributed by atoms with Crippen molar-refractivity contribution < 1.29 is 9.53 Å². The van der Waals surface area contributed by atoms with Crippen LogP contribution in [0.4, 0.5) is 11.5 Å². The molecule has 188 valence electrons. The van der Waals surface area contributed by atoms with Gasteiger partial charge in [-0.1, -0.05) is 0 Å². The van der Waals surface area contributed by atoms with Gasteiger partial charge in [0.2, 0.25) is 5.91 Å². The lowest BCUT2D eigenvalue weighted by Gasteiger charge is -2.37. The first kappa shape index (κ1) is 23.4. The summed E-state index contributed by atoms with van der Waals surface area (Å²) in [6.07, 6.45) is 8.17. The van der Waals surface area contributed by atoms with Crippen LogP contribution in [-0.4, -0.2) is 72.2 Å². The van der Waals surface area contributed by atoms with Crippen LogP contribution in [0.5, 0.6) is 5.75 Å². The van der Waals surface area contributed by atoms with Crippen LogP contribution in [-0.2, 0) is 24.2 Å². The normalized spacial score (nSPS) is 19.6. The molecule has 4 heterocycles. The highest BCUT2D eigenvalue weighted by Crippen LogP contribution is 2.42. The maximum Gasteiger partial charge on any atom is 0.226 e. The third-order valence-corrected chi connectivity index (χ3v) is 9.07. The smallest absolute Gasteiger partial charge is 0.226 e. The number of piperidine rings is 1. The van der Waals surface area contributed by atoms with Crippen LogP contribution in [0.25, 0.3) is 10.2 Å². The van der Waals surface area contributed by atoms with Gasteiger partial charge in [0.05, 0.1) is 24.7 Å². The number of benzene rings is 1. The molecular formula is C27H32N6O2S. The van der Waals surface area contributed by atoms with E-state index in [-0.39, 0.29) is 5.92 Å². The molecule has 0 unspecified atom stereocenters. The average molecular weight is 505 g/mol. The molecule has 0 radical (unpaired) electrons. The van der Waals surface area contributed by atoms with Crippen LogP contribution >= 0.6 is 11.3 Å². The fourth-order valence-electron chi connectivity index (χ4n) is 5.81. The first-order chi connectivity index (χ1) is 17.5. The number of nitrogens with zero attached hydrogens (tertiary/aromatic N) is 5. The van der Waals surface area contributed by atoms with E-state index in [1.807, 2.05) is 12.3 Å². The van der Waals surface area contributed by atoms with E-state index in [4.69, 9.17) is 4.74 Å². The number of carbonyl (C=O) groups excluding carboxylic acids is 1. The first-order valence-corrected chi connectivity index (χ1v) is 13.5. The highest BCUT2D eigenvalue weighted by Gasteiger charge is 2.33. The molecule has 36 heavy (non-hydrogen) atoms. The Morgan fingerprint density at radius 1 is 1.19 bits per heavy atom. The summed E-state index contributed by atoms with van der Waals surface area (Å²) in [4.78, 5) is 33.6. The Bertz CT molecular complexity index is 1340. The standard InChI is InChI=1S/C27H32N6O2S/c1-32(2)19-6-8-33(9-7-19)27(34)16-4-5-20-23(12-16)36-26-24(20)25(29-15-30-26)31-21-10-17-13-28-14-18(17)11-22(21)35-3/h10-11,13,15-16,19H,4-9,12,14H2,1-3H3,(H,29,30,31)/t16-/m0/s1. The van der Waals surface area contributed by atoms with E-state index in [1.165, 1.54) is 16.0 Å². The number of aryl methyl sites for hydroxylation is 1. The number of aliphatic imine (C=N–C) groups is 1. The molecule has 3 aliphatic rings. The molecule has 2 aromatic heterocycles. The van der Waals surface area contributed by atoms with E-state index in [0.29, 0.717) is 18.5 Å². The van der Waals surface area contributed by atoms with Crippen LogP contribution in [0.3, 0.4) is 0 Å². The molecule has 0 saturated carbocycles. The molecule has 1 amide bonds. The highest BCUT2D eigenvalue weighted by atomic mass is 32.1. The van der Waals surface area contributed by atoms with Crippen LogP contribution in [0, 0.1) is 5.92 Å². The molecule has 1 atom stereocenters. The number of hydrogen-bond donors (Lipinski definition) is 1. The van der Waals surface area contributed by atoms with Crippen molar-refractivity contribution in [3.63, 3.8) is 0 Å². The van der Waals surface area contributed by atoms with Gasteiger partial charge in [0, 0.05) is 36.1 Å². The zero-order valence-corrected chi connectivity index (χ0v) is 21.9. The number of thiophene rings is 1. The number of anilines is 2. The van der Waals surface area contributed by atoms with Crippen molar-refractivity contribution in [1.29, 1.82) is 0 Å². The minimum atomic E-state index is 0.0573. The summed E-state index contributed by atoms with van der Waals surface area (Å²) in [5.41, 5.74) is 4.43. The molecule has 0 bridgehead atoms. The van der Waals surface area contributed by atoms with E-state index in [1.54, 1.807) is 24.8 Å². The number of aromatic nitrogens is 2. The average Bonchev–Trinajstić information content (AvgIpc) is 3.51. The van der Waals surface area contributed by atoms with E-state index in [0.717, 1.165) is 78.2 Å². The van der Waals surface area contributed by atoms with E-state index in [2.05, 4.69) is 50.2 Å². The lowest BCUT2D eigenvalue weighted by atomic mass is 9.86. The van der Waals surface area contributed by atoms with Crippen molar-refractivity contribution in [3.8, 4) is 5.75 Å². The zero-order chi connectivity index (χ0) is 24.8. The molecule has 8 nitrogen and oxygen atoms in total. The summed E-state index contributed by atoms with van der Waals surface area (Å²) in [5.74, 6) is 1.95. The molecule has 1 aliphatic carbocycles. The summed E-state index contributed by atoms with van der Waals surface area (Å²) in [7, 11) is 5.95. The summed E-state index contributed by atoms with van der Waals surface area (Å²) in [6.45, 7) is 2.42. The second kappa shape index (κ2) is 9.44. The third kappa shape index (κ3) is 4.14. The first-order valence-electron chi connectivity index (χ1n) is 12.7. The second-order valence-electron chi connectivity index (χ2n) is 10.2. The monoisotopic (exact) mass is 504 g/mol. The SMILES string of the molecule is COc1cc2c(cc1Nc1ncnc3sc4c(c13)CC[C@H](C(=O)N1CCC(N(C)C)CC1)C4)C=NC2. The molecule has 2 aliphatic heterocycles. The number of rotatable bonds is 5. The van der Waals surface area contributed by atoms with Crippen molar-refractivity contribution in [2.24, 2.45) is 10.9 Å². The molecular weight excluding hydrogens is 472 g/mol. The van der Waals surface area contributed by atoms with Crippen LogP contribution in [0.1, 0.15) is 40.8 Å². The van der Waals surface area contributed by atoms with Gasteiger partial charge in [0.15, 0.2) is 0 Å². The predicted octanol–water partition coefficient (Wildman–Crippen LogP) is 4.03. The second-order valence-corrected chi connectivity index (χ2v) is 11.3. The van der Waals surface area contributed by atoms with Crippen molar-refractivity contribution >= 4 is 45.2 Å². The van der Waals surface area contributed by atoms with Gasteiger partial charge in [-0.05, 0) is 75.0 Å². The summed E-state index contributed by atoms with van der Waals surface area (Å²) in [6, 6.07) is 4.70. The minimum Gasteiger partial charge on any atom is -0.495 e. The molecule has 1 saturated heterocycles. The minimum absolute atomic E-state index is 0.0573. The molecule has 3 aromatic rings. The predicted molar refractivity (Wildman–Crippen MR) is 144 cm³/mol. The van der Waals surface area contributed by atoms with Gasteiger partial charge >= 0.3 is 0 Å². The number of carbonyl (C=O) groups is 1. The lowest BCUT2D eigenvalue weighted by molar-refractivity contribution is -0.137. The quantitative estimate of drug-likeness (QED) is 0.565. The van der Waals surface area contributed by atoms with E-state index < -0.39 is 0 Å². The van der Waals surface area contributed by atoms with E-state index in [9.17, 15) is 4.79 Å². The molecule has 1 fully saturated rings. The van der Waals surface area contributed by atoms with Crippen molar-refractivity contribution in [2.45, 2.75) is 44.7 Å². The maximum atomic E-state index is 13.4. The van der Waals surface area contributed by atoms with Gasteiger partial charge in [-0.2, -0.15) is 0 Å². The Balaban J connectivity index is 1.24. The van der Waals surface area contributed by atoms with Gasteiger partial charge < -0.3 is 19.9 Å². The molecule has 1 aromatic carbocycles. The Morgan fingerprint density at radius 2 is 2.03 bits per heavy atom. The van der Waals surface area contributed by atoms with Gasteiger partial charge in [-0.25, -0.2) is 9.97 Å². The largest absolute Gasteiger partial charge is 0.495 e. The highest BCUT2D eigenvalue weighted by molar-refractivity contribution is 7.19. The van der Waals surface area contributed by atoms with Gasteiger partial charge in [-0.3, -0.25) is 9.79 Å². The number of methoxy groups -OCH3 is 1. The fraction of sp³-hybridized carbons (Fsp3) is 0.481. The third-order valence-electron chi connectivity index (χ3n) is 7.91.